The van der Waals surface area contributed by atoms with Gasteiger partial charge < -0.3 is 29.4 Å². The first-order valence-electron chi connectivity index (χ1n) is 17.8. The van der Waals surface area contributed by atoms with Crippen molar-refractivity contribution in [3.8, 4) is 18.4 Å². The molecule has 5 atom stereocenters. The van der Waals surface area contributed by atoms with Gasteiger partial charge in [0.05, 0.1) is 28.6 Å². The molecule has 3 aliphatic heterocycles. The highest BCUT2D eigenvalue weighted by Gasteiger charge is 2.44. The molecule has 1 amide bonds. The quantitative estimate of drug-likeness (QED) is 0.260. The number of aliphatic hydroxyl groups is 1. The number of nitrogens with zero attached hydrogens (tertiary/aromatic N) is 7. The number of likely N-dealkylation sites (N-methyl/N-ethyl adjacent to an activating group) is 1. The van der Waals surface area contributed by atoms with E-state index >= 15 is 0 Å². The van der Waals surface area contributed by atoms with Crippen molar-refractivity contribution in [3.05, 3.63) is 77.5 Å². The van der Waals surface area contributed by atoms with Gasteiger partial charge in [-0.05, 0) is 62.4 Å². The van der Waals surface area contributed by atoms with E-state index in [4.69, 9.17) is 21.1 Å². The average Bonchev–Trinajstić information content (AvgIpc) is 3.72. The zero-order valence-electron chi connectivity index (χ0n) is 29.3. The summed E-state index contributed by atoms with van der Waals surface area (Å²) in [6.07, 6.45) is 13.3. The monoisotopic (exact) mass is 697 g/mol. The molecule has 2 saturated heterocycles. The molecule has 0 saturated carbocycles. The van der Waals surface area contributed by atoms with Gasteiger partial charge >= 0.3 is 6.01 Å². The largest absolute Gasteiger partial charge is 0.461 e. The highest BCUT2D eigenvalue weighted by atomic mass is 19.1. The third kappa shape index (κ3) is 6.71. The van der Waals surface area contributed by atoms with Gasteiger partial charge in [0, 0.05) is 88.2 Å². The van der Waals surface area contributed by atoms with Crippen LogP contribution < -0.4 is 19.4 Å². The fraction of sp³-hybridized carbons (Fsp3) is 0.487. The average molecular weight is 698 g/mol. The number of carbonyl (C=O) groups is 1. The summed E-state index contributed by atoms with van der Waals surface area (Å²) < 4.78 is 36.4. The number of rotatable bonds is 9. The third-order valence-electron chi connectivity index (χ3n) is 11.0. The lowest BCUT2D eigenvalue weighted by Gasteiger charge is -2.42. The van der Waals surface area contributed by atoms with E-state index in [1.54, 1.807) is 18.5 Å². The number of fused-ring (bicyclic) bond motifs is 2. The zero-order valence-corrected chi connectivity index (χ0v) is 29.3. The lowest BCUT2D eigenvalue weighted by molar-refractivity contribution is -0.126. The Balaban J connectivity index is 1.21. The smallest absolute Gasteiger partial charge is 0.318 e. The van der Waals surface area contributed by atoms with Crippen LogP contribution in [-0.2, 0) is 24.1 Å². The van der Waals surface area contributed by atoms with Gasteiger partial charge in [0.25, 0.3) is 0 Å². The van der Waals surface area contributed by atoms with E-state index in [1.807, 2.05) is 35.9 Å². The van der Waals surface area contributed by atoms with E-state index in [1.165, 1.54) is 12.1 Å². The van der Waals surface area contributed by atoms with E-state index in [9.17, 15) is 18.7 Å². The summed E-state index contributed by atoms with van der Waals surface area (Å²) in [5.74, 6) is 2.75. The van der Waals surface area contributed by atoms with Crippen molar-refractivity contribution >= 4 is 23.1 Å². The molecule has 2 fully saturated rings. The minimum Gasteiger partial charge on any atom is -0.461 e. The maximum absolute atomic E-state index is 15.0. The molecule has 51 heavy (non-hydrogen) atoms. The van der Waals surface area contributed by atoms with Crippen molar-refractivity contribution in [2.75, 3.05) is 54.5 Å². The molecule has 10 nitrogen and oxygen atoms in total. The lowest BCUT2D eigenvalue weighted by Crippen LogP contribution is -2.48. The minimum atomic E-state index is -1.02. The zero-order chi connectivity index (χ0) is 35.9. The number of hydrogen-bond acceptors (Lipinski definition) is 9. The van der Waals surface area contributed by atoms with E-state index < -0.39 is 23.6 Å². The van der Waals surface area contributed by atoms with Crippen molar-refractivity contribution in [3.63, 3.8) is 0 Å². The second-order valence-electron chi connectivity index (χ2n) is 14.6. The number of carbonyl (C=O) groups excluding carboxylic acids is 1. The maximum atomic E-state index is 15.0. The van der Waals surface area contributed by atoms with Crippen molar-refractivity contribution in [2.45, 2.75) is 81.8 Å². The fourth-order valence-corrected chi connectivity index (χ4v) is 8.61. The Labute approximate surface area is 298 Å². The lowest BCUT2D eigenvalue weighted by atomic mass is 9.87. The van der Waals surface area contributed by atoms with Crippen LogP contribution in [0, 0.1) is 18.2 Å². The maximum Gasteiger partial charge on any atom is 0.318 e. The Morgan fingerprint density at radius 3 is 2.78 bits per heavy atom. The van der Waals surface area contributed by atoms with E-state index in [-0.39, 0.29) is 49.1 Å². The number of amides is 1. The van der Waals surface area contributed by atoms with Crippen LogP contribution in [0.15, 0.2) is 49.3 Å². The molecular formula is C39H45F2N7O3. The normalized spacial score (nSPS) is 25.6. The van der Waals surface area contributed by atoms with E-state index in [0.717, 1.165) is 41.2 Å². The molecule has 1 aromatic carbocycles. The Kier molecular flexibility index (Phi) is 9.59. The Morgan fingerprint density at radius 1 is 1.22 bits per heavy atom. The highest BCUT2D eigenvalue weighted by molar-refractivity contribution is 5.87. The van der Waals surface area contributed by atoms with Crippen LogP contribution in [0.5, 0.6) is 6.01 Å². The number of likely N-dealkylation sites (tertiary alicyclic amines) is 1. The standard InChI is InChI=1S/C39H45F2N7O3/c1-5-31-33(41)12-9-25-18-30(49)23-47(36(25)31)28-10-11-32-34(19-28)43-38(44-37(32)45(4)22-29-8-7-17-46(29)35(50)6-2)51-24-39(3)20-26(40)21-48(39)27-13-15-42-16-14-27/h1,6,9,12-16,26,28-30,49H,2,7-8,10-11,17-24H2,3-4H3/t26-,28+,29+,30+,39+/m1/s1. The van der Waals surface area contributed by atoms with Gasteiger partial charge in [-0.1, -0.05) is 18.6 Å². The highest BCUT2D eigenvalue weighted by Crippen LogP contribution is 2.40. The van der Waals surface area contributed by atoms with Gasteiger partial charge in [-0.2, -0.15) is 9.97 Å². The number of aromatic nitrogens is 3. The molecule has 1 aliphatic carbocycles. The molecule has 7 rings (SSSR count). The number of ether oxygens (including phenoxy) is 1. The van der Waals surface area contributed by atoms with Crippen LogP contribution in [0.1, 0.15) is 55.0 Å². The molecule has 0 unspecified atom stereocenters. The van der Waals surface area contributed by atoms with E-state index in [2.05, 4.69) is 27.3 Å². The van der Waals surface area contributed by atoms with Gasteiger partial charge in [0.2, 0.25) is 5.91 Å². The molecule has 0 bridgehead atoms. The Morgan fingerprint density at radius 2 is 2.02 bits per heavy atom. The molecule has 1 N–H and O–H groups in total. The van der Waals surface area contributed by atoms with Crippen LogP contribution in [0.3, 0.4) is 0 Å². The van der Waals surface area contributed by atoms with Gasteiger partial charge in [-0.25, -0.2) is 8.78 Å². The van der Waals surface area contributed by atoms with Crippen LogP contribution >= 0.6 is 0 Å². The van der Waals surface area contributed by atoms with E-state index in [0.29, 0.717) is 51.0 Å². The predicted molar refractivity (Wildman–Crippen MR) is 192 cm³/mol. The van der Waals surface area contributed by atoms with Gasteiger partial charge in [-0.15, -0.1) is 6.42 Å². The summed E-state index contributed by atoms with van der Waals surface area (Å²) in [6.45, 7) is 7.66. The summed E-state index contributed by atoms with van der Waals surface area (Å²) >= 11 is 0. The third-order valence-corrected chi connectivity index (χ3v) is 11.0. The first-order valence-corrected chi connectivity index (χ1v) is 17.8. The molecule has 12 heteroatoms. The summed E-state index contributed by atoms with van der Waals surface area (Å²) in [7, 11) is 1.98. The molecule has 5 heterocycles. The van der Waals surface area contributed by atoms with Crippen LogP contribution in [0.2, 0.25) is 0 Å². The van der Waals surface area contributed by atoms with Crippen LogP contribution in [0.4, 0.5) is 26.0 Å². The van der Waals surface area contributed by atoms with Crippen LogP contribution in [-0.4, -0.2) is 101 Å². The first kappa shape index (κ1) is 34.7. The van der Waals surface area contributed by atoms with Gasteiger partial charge in [0.1, 0.15) is 24.4 Å². The predicted octanol–water partition coefficient (Wildman–Crippen LogP) is 4.27. The summed E-state index contributed by atoms with van der Waals surface area (Å²) in [5.41, 5.74) is 3.70. The van der Waals surface area contributed by atoms with Crippen LogP contribution in [0.25, 0.3) is 0 Å². The minimum absolute atomic E-state index is 0.00282. The van der Waals surface area contributed by atoms with Crippen molar-refractivity contribution in [1.82, 2.24) is 19.9 Å². The number of benzene rings is 1. The van der Waals surface area contributed by atoms with Crippen molar-refractivity contribution in [1.29, 1.82) is 0 Å². The second-order valence-corrected chi connectivity index (χ2v) is 14.6. The molecular weight excluding hydrogens is 652 g/mol. The van der Waals surface area contributed by atoms with Crippen molar-refractivity contribution in [2.24, 2.45) is 0 Å². The Bertz CT molecular complexity index is 1840. The molecule has 2 aromatic heterocycles. The number of pyridine rings is 1. The molecule has 268 valence electrons. The Hall–Kier alpha value is -4.76. The number of halogens is 2. The number of β-amino-alcohol motifs (C(OH)–C–C–N with tert-alkyl or cyclic N) is 1. The number of hydrogen-bond donors (Lipinski definition) is 1. The summed E-state index contributed by atoms with van der Waals surface area (Å²) in [4.78, 5) is 34.7. The number of alkyl halides is 1. The topological polar surface area (TPSA) is 98.2 Å². The fourth-order valence-electron chi connectivity index (χ4n) is 8.61. The van der Waals surface area contributed by atoms with Gasteiger partial charge in [0.15, 0.2) is 0 Å². The first-order chi connectivity index (χ1) is 24.6. The number of aliphatic hydroxyl groups excluding tert-OH is 1. The van der Waals surface area contributed by atoms with Gasteiger partial charge in [-0.3, -0.25) is 9.78 Å². The molecule has 3 aromatic rings. The molecule has 0 radical (unpaired) electrons. The SMILES string of the molecule is C#Cc1c(F)ccc2c1N([C@H]1CCc3c(nc(OC[C@]4(C)C[C@@H](F)CN4c4ccncc4)nc3N(C)C[C@@H]3CCCN3C(=O)C=C)C1)C[C@@H](O)C2. The summed E-state index contributed by atoms with van der Waals surface area (Å²) in [5, 5.41) is 10.9. The molecule has 4 aliphatic rings. The molecule has 0 spiro atoms. The van der Waals surface area contributed by atoms with Crippen molar-refractivity contribution < 1.29 is 23.4 Å². The second kappa shape index (κ2) is 14.1. The summed E-state index contributed by atoms with van der Waals surface area (Å²) in [6, 6.07) is 6.91. The number of terminal acetylenes is 1. The number of anilines is 3.